The molecule has 3 heterocycles. The van der Waals surface area contributed by atoms with E-state index in [9.17, 15) is 0 Å². The molecule has 0 radical (unpaired) electrons. The standard InChI is InChI=1S/C29H35NO2/c1-4-23-18-24-9-11-27(2)25(21-6-5-20-10-15-30-19-22(20)17-21)7-8-26(27)29(24)13-12-28(23,32-29)14-16-31-3/h5-6,9-10,15,17-19,25-26H,4,7-8,11-14,16H2,1-3H3. The molecule has 3 nitrogen and oxygen atoms in total. The van der Waals surface area contributed by atoms with Crippen LogP contribution in [0.1, 0.15) is 70.3 Å². The van der Waals surface area contributed by atoms with Crippen LogP contribution in [0.3, 0.4) is 0 Å². The van der Waals surface area contributed by atoms with Gasteiger partial charge in [-0.2, -0.15) is 0 Å². The first-order valence-corrected chi connectivity index (χ1v) is 12.5. The number of nitrogens with zero attached hydrogens (tertiary/aromatic N) is 1. The Labute approximate surface area is 191 Å². The number of rotatable bonds is 5. The van der Waals surface area contributed by atoms with Gasteiger partial charge in [0.25, 0.3) is 0 Å². The van der Waals surface area contributed by atoms with Crippen molar-refractivity contribution < 1.29 is 9.47 Å². The van der Waals surface area contributed by atoms with E-state index in [0.717, 1.165) is 38.7 Å². The Bertz CT molecular complexity index is 1120. The summed E-state index contributed by atoms with van der Waals surface area (Å²) in [5.74, 6) is 1.14. The molecule has 0 amide bonds. The van der Waals surface area contributed by atoms with Crippen LogP contribution in [0.25, 0.3) is 10.8 Å². The molecule has 2 fully saturated rings. The van der Waals surface area contributed by atoms with Crippen molar-refractivity contribution in [2.45, 2.75) is 75.9 Å². The van der Waals surface area contributed by atoms with Crippen molar-refractivity contribution in [3.05, 3.63) is 65.5 Å². The van der Waals surface area contributed by atoms with E-state index >= 15 is 0 Å². The minimum atomic E-state index is -0.118. The molecule has 2 aliphatic carbocycles. The smallest absolute Gasteiger partial charge is 0.0974 e. The van der Waals surface area contributed by atoms with Crippen molar-refractivity contribution in [1.29, 1.82) is 0 Å². The fraction of sp³-hybridized carbons (Fsp3) is 0.552. The number of benzene rings is 1. The van der Waals surface area contributed by atoms with Gasteiger partial charge < -0.3 is 9.47 Å². The zero-order chi connectivity index (χ0) is 22.0. The fourth-order valence-corrected chi connectivity index (χ4v) is 7.90. The second-order valence-corrected chi connectivity index (χ2v) is 10.8. The van der Waals surface area contributed by atoms with E-state index in [0.29, 0.717) is 11.8 Å². The van der Waals surface area contributed by atoms with E-state index < -0.39 is 0 Å². The van der Waals surface area contributed by atoms with Gasteiger partial charge in [0.2, 0.25) is 0 Å². The first-order chi connectivity index (χ1) is 15.5. The molecule has 2 bridgehead atoms. The van der Waals surface area contributed by atoms with Crippen LogP contribution in [0.5, 0.6) is 0 Å². The Hall–Kier alpha value is -1.97. The lowest BCUT2D eigenvalue weighted by atomic mass is 9.58. The summed E-state index contributed by atoms with van der Waals surface area (Å²) in [6, 6.07) is 9.15. The third-order valence-corrected chi connectivity index (χ3v) is 9.50. The zero-order valence-electron chi connectivity index (χ0n) is 19.7. The first-order valence-electron chi connectivity index (χ1n) is 12.5. The van der Waals surface area contributed by atoms with E-state index in [2.05, 4.69) is 55.2 Å². The third kappa shape index (κ3) is 2.70. The van der Waals surface area contributed by atoms with Crippen molar-refractivity contribution in [2.75, 3.05) is 13.7 Å². The lowest BCUT2D eigenvalue weighted by Crippen LogP contribution is -2.53. The minimum absolute atomic E-state index is 0.105. The van der Waals surface area contributed by atoms with E-state index in [1.807, 2.05) is 19.5 Å². The van der Waals surface area contributed by atoms with Crippen LogP contribution in [0.15, 0.2) is 60.0 Å². The van der Waals surface area contributed by atoms with Crippen LogP contribution in [0.4, 0.5) is 0 Å². The van der Waals surface area contributed by atoms with Crippen LogP contribution in [0, 0.1) is 11.3 Å². The maximum atomic E-state index is 7.29. The molecule has 1 aromatic carbocycles. The average molecular weight is 430 g/mol. The number of hydrogen-bond donors (Lipinski definition) is 0. The average Bonchev–Trinajstić information content (AvgIpc) is 3.34. The van der Waals surface area contributed by atoms with Crippen molar-refractivity contribution in [3.8, 4) is 0 Å². The molecule has 1 aromatic heterocycles. The molecule has 0 N–H and O–H groups in total. The lowest BCUT2D eigenvalue weighted by molar-refractivity contribution is -0.133. The molecular formula is C29H35NO2. The second kappa shape index (κ2) is 7.27. The highest BCUT2D eigenvalue weighted by molar-refractivity contribution is 5.82. The van der Waals surface area contributed by atoms with Crippen LogP contribution in [0.2, 0.25) is 0 Å². The van der Waals surface area contributed by atoms with E-state index in [4.69, 9.17) is 9.47 Å². The molecule has 1 saturated carbocycles. The van der Waals surface area contributed by atoms with Crippen LogP contribution >= 0.6 is 0 Å². The van der Waals surface area contributed by atoms with Gasteiger partial charge in [-0.05, 0) is 90.0 Å². The number of allylic oxidation sites excluding steroid dienone is 1. The lowest BCUT2D eigenvalue weighted by Gasteiger charge is -2.53. The van der Waals surface area contributed by atoms with Crippen molar-refractivity contribution >= 4 is 10.8 Å². The largest absolute Gasteiger partial charge is 0.385 e. The number of fused-ring (bicyclic) bond motifs is 3. The molecule has 168 valence electrons. The highest BCUT2D eigenvalue weighted by Gasteiger charge is 2.65. The van der Waals surface area contributed by atoms with E-state index in [-0.39, 0.29) is 16.6 Å². The fourth-order valence-electron chi connectivity index (χ4n) is 7.90. The van der Waals surface area contributed by atoms with Gasteiger partial charge in [0.15, 0.2) is 0 Å². The van der Waals surface area contributed by atoms with E-state index in [1.165, 1.54) is 40.3 Å². The summed E-state index contributed by atoms with van der Waals surface area (Å²) in [5.41, 5.74) is 4.45. The molecule has 2 aliphatic heterocycles. The normalized spacial score (nSPS) is 37.7. The molecule has 3 heteroatoms. The minimum Gasteiger partial charge on any atom is -0.385 e. The number of aromatic nitrogens is 1. The van der Waals surface area contributed by atoms with Gasteiger partial charge in [-0.1, -0.05) is 38.1 Å². The molecule has 6 rings (SSSR count). The van der Waals surface area contributed by atoms with Crippen molar-refractivity contribution in [1.82, 2.24) is 4.98 Å². The van der Waals surface area contributed by atoms with Gasteiger partial charge in [0, 0.05) is 37.9 Å². The summed E-state index contributed by atoms with van der Waals surface area (Å²) in [7, 11) is 1.81. The quantitative estimate of drug-likeness (QED) is 0.527. The predicted octanol–water partition coefficient (Wildman–Crippen LogP) is 6.74. The molecule has 32 heavy (non-hydrogen) atoms. The second-order valence-electron chi connectivity index (χ2n) is 10.8. The number of hydrogen-bond acceptors (Lipinski definition) is 3. The summed E-state index contributed by atoms with van der Waals surface area (Å²) in [6.07, 6.45) is 16.9. The van der Waals surface area contributed by atoms with Crippen molar-refractivity contribution in [3.63, 3.8) is 0 Å². The number of ether oxygens (including phenoxy) is 2. The highest BCUT2D eigenvalue weighted by Crippen LogP contribution is 2.68. The van der Waals surface area contributed by atoms with Crippen LogP contribution in [-0.2, 0) is 9.47 Å². The van der Waals surface area contributed by atoms with Crippen LogP contribution < -0.4 is 0 Å². The van der Waals surface area contributed by atoms with Gasteiger partial charge in [-0.25, -0.2) is 0 Å². The monoisotopic (exact) mass is 429 g/mol. The SMILES string of the molecule is CCC1=CC2=CCC3(C)C(c4ccc5ccncc5c4)CCC3C23CCC1(CCOC)O3. The Kier molecular flexibility index (Phi) is 4.68. The van der Waals surface area contributed by atoms with Gasteiger partial charge >= 0.3 is 0 Å². The first kappa shape index (κ1) is 20.6. The number of pyridine rings is 1. The molecule has 1 spiro atoms. The summed E-state index contributed by atoms with van der Waals surface area (Å²) < 4.78 is 12.8. The molecule has 5 unspecified atom stereocenters. The Morgan fingerprint density at radius 2 is 2.06 bits per heavy atom. The molecule has 1 saturated heterocycles. The van der Waals surface area contributed by atoms with Crippen molar-refractivity contribution in [2.24, 2.45) is 11.3 Å². The summed E-state index contributed by atoms with van der Waals surface area (Å²) in [4.78, 5) is 4.36. The predicted molar refractivity (Wildman–Crippen MR) is 129 cm³/mol. The van der Waals surface area contributed by atoms with Gasteiger partial charge in [0.05, 0.1) is 11.2 Å². The highest BCUT2D eigenvalue weighted by atomic mass is 16.5. The summed E-state index contributed by atoms with van der Waals surface area (Å²) in [6.45, 7) is 5.59. The number of methoxy groups -OCH3 is 1. The zero-order valence-corrected chi connectivity index (χ0v) is 19.7. The van der Waals surface area contributed by atoms with Gasteiger partial charge in [-0.15, -0.1) is 0 Å². The van der Waals surface area contributed by atoms with Gasteiger partial charge in [-0.3, -0.25) is 4.98 Å². The van der Waals surface area contributed by atoms with Crippen LogP contribution in [-0.4, -0.2) is 29.9 Å². The summed E-state index contributed by atoms with van der Waals surface area (Å²) >= 11 is 0. The van der Waals surface area contributed by atoms with Gasteiger partial charge in [0.1, 0.15) is 0 Å². The molecular weight excluding hydrogens is 394 g/mol. The Morgan fingerprint density at radius 1 is 1.16 bits per heavy atom. The molecule has 4 aliphatic rings. The maximum absolute atomic E-state index is 7.29. The molecule has 2 aromatic rings. The third-order valence-electron chi connectivity index (χ3n) is 9.50. The summed E-state index contributed by atoms with van der Waals surface area (Å²) in [5, 5.41) is 2.53. The molecule has 5 atom stereocenters. The Balaban J connectivity index is 1.40. The maximum Gasteiger partial charge on any atom is 0.0974 e. The van der Waals surface area contributed by atoms with E-state index in [1.54, 1.807) is 0 Å². The Morgan fingerprint density at radius 3 is 2.91 bits per heavy atom. The topological polar surface area (TPSA) is 31.4 Å².